The number of hydrogen-bond acceptors (Lipinski definition) is 4. The van der Waals surface area contributed by atoms with Crippen LogP contribution in [0.2, 0.25) is 0 Å². The van der Waals surface area contributed by atoms with Gasteiger partial charge in [-0.1, -0.05) is 6.92 Å². The lowest BCUT2D eigenvalue weighted by molar-refractivity contribution is -0.154. The molecule has 1 atom stereocenters. The Bertz CT molecular complexity index is 617. The maximum absolute atomic E-state index is 12.6. The van der Waals surface area contributed by atoms with Crippen molar-refractivity contribution >= 4 is 11.9 Å². The third kappa shape index (κ3) is 5.10. The standard InChI is InChI=1S/C15H17F3N2O4/c1-9(14(22)23)7-20(11-2-3-11)13(21)10-4-5-19-12(6-10)24-8-15(16,17)18/h4-6,9,11H,2-3,7-8H2,1H3,(H,22,23). The Balaban J connectivity index is 2.10. The molecule has 6 nitrogen and oxygen atoms in total. The highest BCUT2D eigenvalue weighted by atomic mass is 19.4. The second-order valence-corrected chi connectivity index (χ2v) is 5.71. The largest absolute Gasteiger partial charge is 0.481 e. The van der Waals surface area contributed by atoms with Gasteiger partial charge in [0.05, 0.1) is 5.92 Å². The van der Waals surface area contributed by atoms with Crippen LogP contribution in [-0.4, -0.2) is 52.2 Å². The van der Waals surface area contributed by atoms with Crippen molar-refractivity contribution in [1.29, 1.82) is 0 Å². The van der Waals surface area contributed by atoms with Gasteiger partial charge in [-0.25, -0.2) is 4.98 Å². The predicted octanol–water partition coefficient (Wildman–Crippen LogP) is 2.35. The van der Waals surface area contributed by atoms with Crippen molar-refractivity contribution in [2.45, 2.75) is 32.0 Å². The van der Waals surface area contributed by atoms with Gasteiger partial charge in [0, 0.05) is 30.4 Å². The van der Waals surface area contributed by atoms with Gasteiger partial charge in [0.25, 0.3) is 5.91 Å². The molecule has 1 aliphatic rings. The minimum absolute atomic E-state index is 0.0352. The molecular formula is C15H17F3N2O4. The van der Waals surface area contributed by atoms with Crippen molar-refractivity contribution in [2.24, 2.45) is 5.92 Å². The van der Waals surface area contributed by atoms with Crippen LogP contribution in [0.15, 0.2) is 18.3 Å². The SMILES string of the molecule is CC(CN(C(=O)c1ccnc(OCC(F)(F)F)c1)C1CC1)C(=O)O. The number of rotatable bonds is 7. The van der Waals surface area contributed by atoms with Gasteiger partial charge >= 0.3 is 12.1 Å². The van der Waals surface area contributed by atoms with Crippen LogP contribution in [0.5, 0.6) is 5.88 Å². The molecule has 1 saturated carbocycles. The van der Waals surface area contributed by atoms with Gasteiger partial charge in [-0.2, -0.15) is 13.2 Å². The summed E-state index contributed by atoms with van der Waals surface area (Å²) in [5.41, 5.74) is 0.117. The Morgan fingerprint density at radius 1 is 1.46 bits per heavy atom. The van der Waals surface area contributed by atoms with Crippen LogP contribution in [0.4, 0.5) is 13.2 Å². The molecule has 132 valence electrons. The van der Waals surface area contributed by atoms with Crippen molar-refractivity contribution in [2.75, 3.05) is 13.2 Å². The third-order valence-electron chi connectivity index (χ3n) is 3.51. The number of amides is 1. The number of nitrogens with zero attached hydrogens (tertiary/aromatic N) is 2. The molecule has 1 N–H and O–H groups in total. The molecule has 1 aromatic heterocycles. The first-order valence-corrected chi connectivity index (χ1v) is 7.37. The van der Waals surface area contributed by atoms with E-state index in [-0.39, 0.29) is 24.0 Å². The lowest BCUT2D eigenvalue weighted by Crippen LogP contribution is -2.38. The predicted molar refractivity (Wildman–Crippen MR) is 76.6 cm³/mol. The van der Waals surface area contributed by atoms with Crippen molar-refractivity contribution in [1.82, 2.24) is 9.88 Å². The molecule has 9 heteroatoms. The number of carbonyl (C=O) groups is 2. The number of ether oxygens (including phenoxy) is 1. The van der Waals surface area contributed by atoms with E-state index in [0.29, 0.717) is 0 Å². The zero-order chi connectivity index (χ0) is 17.9. The molecule has 24 heavy (non-hydrogen) atoms. The molecule has 1 fully saturated rings. The molecular weight excluding hydrogens is 329 g/mol. The van der Waals surface area contributed by atoms with Crippen molar-refractivity contribution < 1.29 is 32.6 Å². The van der Waals surface area contributed by atoms with E-state index in [0.717, 1.165) is 18.9 Å². The Hall–Kier alpha value is -2.32. The molecule has 0 bridgehead atoms. The second kappa shape index (κ2) is 7.06. The summed E-state index contributed by atoms with van der Waals surface area (Å²) in [6.07, 6.45) is -1.76. The van der Waals surface area contributed by atoms with Crippen LogP contribution in [-0.2, 0) is 4.79 Å². The molecule has 1 heterocycles. The van der Waals surface area contributed by atoms with Crippen molar-refractivity contribution in [3.63, 3.8) is 0 Å². The first-order valence-electron chi connectivity index (χ1n) is 7.37. The van der Waals surface area contributed by atoms with E-state index in [1.54, 1.807) is 0 Å². The summed E-state index contributed by atoms with van der Waals surface area (Å²) in [6, 6.07) is 2.46. The average Bonchev–Trinajstić information content (AvgIpc) is 3.34. The quantitative estimate of drug-likeness (QED) is 0.820. The minimum atomic E-state index is -4.50. The van der Waals surface area contributed by atoms with Gasteiger partial charge in [-0.05, 0) is 18.9 Å². The Labute approximate surface area is 136 Å². The molecule has 0 aliphatic heterocycles. The maximum atomic E-state index is 12.6. The Kier molecular flexibility index (Phi) is 5.30. The number of carbonyl (C=O) groups excluding carboxylic acids is 1. The zero-order valence-corrected chi connectivity index (χ0v) is 12.9. The molecule has 0 aromatic carbocycles. The van der Waals surface area contributed by atoms with Crippen LogP contribution in [0.25, 0.3) is 0 Å². The Morgan fingerprint density at radius 2 is 2.12 bits per heavy atom. The van der Waals surface area contributed by atoms with Gasteiger partial charge < -0.3 is 14.7 Å². The van der Waals surface area contributed by atoms with Crippen LogP contribution in [0, 0.1) is 5.92 Å². The monoisotopic (exact) mass is 346 g/mol. The number of carboxylic acid groups (broad SMARTS) is 1. The summed E-state index contributed by atoms with van der Waals surface area (Å²) >= 11 is 0. The molecule has 1 unspecified atom stereocenters. The van der Waals surface area contributed by atoms with E-state index >= 15 is 0 Å². The molecule has 1 amide bonds. The Morgan fingerprint density at radius 3 is 2.67 bits per heavy atom. The fourth-order valence-electron chi connectivity index (χ4n) is 2.10. The maximum Gasteiger partial charge on any atom is 0.422 e. The van der Waals surface area contributed by atoms with Crippen LogP contribution in [0.3, 0.4) is 0 Å². The molecule has 0 radical (unpaired) electrons. The highest BCUT2D eigenvalue weighted by Gasteiger charge is 2.35. The molecule has 2 rings (SSSR count). The van der Waals surface area contributed by atoms with E-state index in [4.69, 9.17) is 5.11 Å². The number of alkyl halides is 3. The molecule has 0 saturated heterocycles. The smallest absolute Gasteiger partial charge is 0.422 e. The first kappa shape index (κ1) is 18.0. The van der Waals surface area contributed by atoms with Crippen molar-refractivity contribution in [3.8, 4) is 5.88 Å². The highest BCUT2D eigenvalue weighted by Crippen LogP contribution is 2.29. The topological polar surface area (TPSA) is 79.7 Å². The van der Waals surface area contributed by atoms with E-state index in [1.165, 1.54) is 24.1 Å². The van der Waals surface area contributed by atoms with Gasteiger partial charge in [0.1, 0.15) is 0 Å². The van der Waals surface area contributed by atoms with E-state index in [9.17, 15) is 22.8 Å². The van der Waals surface area contributed by atoms with Crippen LogP contribution < -0.4 is 4.74 Å². The normalized spacial score (nSPS) is 15.7. The highest BCUT2D eigenvalue weighted by molar-refractivity contribution is 5.95. The second-order valence-electron chi connectivity index (χ2n) is 5.71. The summed E-state index contributed by atoms with van der Waals surface area (Å²) in [4.78, 5) is 28.7. The summed E-state index contributed by atoms with van der Waals surface area (Å²) in [7, 11) is 0. The van der Waals surface area contributed by atoms with E-state index in [2.05, 4.69) is 9.72 Å². The summed E-state index contributed by atoms with van der Waals surface area (Å²) in [6.45, 7) is 0.0370. The number of halogens is 3. The lowest BCUT2D eigenvalue weighted by Gasteiger charge is -2.24. The molecule has 1 aliphatic carbocycles. The van der Waals surface area contributed by atoms with E-state index in [1.807, 2.05) is 0 Å². The number of carboxylic acids is 1. The fourth-order valence-corrected chi connectivity index (χ4v) is 2.10. The molecule has 0 spiro atoms. The van der Waals surface area contributed by atoms with Crippen LogP contribution in [0.1, 0.15) is 30.1 Å². The number of hydrogen-bond donors (Lipinski definition) is 1. The summed E-state index contributed by atoms with van der Waals surface area (Å²) in [5.74, 6) is -2.50. The fraction of sp³-hybridized carbons (Fsp3) is 0.533. The zero-order valence-electron chi connectivity index (χ0n) is 12.9. The van der Waals surface area contributed by atoms with E-state index < -0.39 is 30.6 Å². The summed E-state index contributed by atoms with van der Waals surface area (Å²) < 4.78 is 41.1. The average molecular weight is 346 g/mol. The number of aliphatic carboxylic acids is 1. The number of pyridine rings is 1. The van der Waals surface area contributed by atoms with Gasteiger partial charge in [0.2, 0.25) is 5.88 Å². The minimum Gasteiger partial charge on any atom is -0.481 e. The van der Waals surface area contributed by atoms with Gasteiger partial charge in [-0.3, -0.25) is 9.59 Å². The van der Waals surface area contributed by atoms with Crippen LogP contribution >= 0.6 is 0 Å². The molecule has 1 aromatic rings. The van der Waals surface area contributed by atoms with Gasteiger partial charge in [-0.15, -0.1) is 0 Å². The third-order valence-corrected chi connectivity index (χ3v) is 3.51. The van der Waals surface area contributed by atoms with Gasteiger partial charge in [0.15, 0.2) is 6.61 Å². The first-order chi connectivity index (χ1) is 11.2. The van der Waals surface area contributed by atoms with Crippen molar-refractivity contribution in [3.05, 3.63) is 23.9 Å². The summed E-state index contributed by atoms with van der Waals surface area (Å²) in [5, 5.41) is 9.00. The lowest BCUT2D eigenvalue weighted by atomic mass is 10.1. The number of aromatic nitrogens is 1.